The van der Waals surface area contributed by atoms with Gasteiger partial charge in [0.2, 0.25) is 11.7 Å². The molecular weight excluding hydrogens is 343 g/mol. The molecule has 7 nitrogen and oxygen atoms in total. The third-order valence-electron chi connectivity index (χ3n) is 3.24. The van der Waals surface area contributed by atoms with Gasteiger partial charge in [-0.15, -0.1) is 10.2 Å². The summed E-state index contributed by atoms with van der Waals surface area (Å²) in [5, 5.41) is 12.4. The summed E-state index contributed by atoms with van der Waals surface area (Å²) < 4.78 is 15.8. The molecule has 0 unspecified atom stereocenters. The summed E-state index contributed by atoms with van der Waals surface area (Å²) in [7, 11) is 0. The standard InChI is InChI=1S/C16H15FN6OS/c17-13-5-1-11(2-6-13)10-23-21-16(20-22-23)12-3-7-14(8-4-12)25-19-9-15(18)24/h1-8,19H,9-10H2,(H2,18,24). The van der Waals surface area contributed by atoms with Gasteiger partial charge in [-0.05, 0) is 59.1 Å². The summed E-state index contributed by atoms with van der Waals surface area (Å²) in [5.74, 6) is -0.186. The van der Waals surface area contributed by atoms with Crippen LogP contribution in [0.3, 0.4) is 0 Å². The van der Waals surface area contributed by atoms with Gasteiger partial charge in [0.25, 0.3) is 0 Å². The van der Waals surface area contributed by atoms with E-state index in [1.54, 1.807) is 12.1 Å². The summed E-state index contributed by atoms with van der Waals surface area (Å²) in [6.45, 7) is 0.518. The van der Waals surface area contributed by atoms with Crippen LogP contribution < -0.4 is 10.5 Å². The summed E-state index contributed by atoms with van der Waals surface area (Å²) >= 11 is 1.32. The second-order valence-electron chi connectivity index (χ2n) is 5.18. The van der Waals surface area contributed by atoms with Gasteiger partial charge in [0, 0.05) is 10.5 Å². The molecule has 0 saturated heterocycles. The van der Waals surface area contributed by atoms with Crippen molar-refractivity contribution in [3.05, 3.63) is 59.9 Å². The number of aromatic nitrogens is 4. The monoisotopic (exact) mass is 358 g/mol. The Balaban J connectivity index is 1.63. The molecule has 25 heavy (non-hydrogen) atoms. The van der Waals surface area contributed by atoms with Crippen LogP contribution in [0.4, 0.5) is 4.39 Å². The molecule has 1 amide bonds. The number of primary amides is 1. The van der Waals surface area contributed by atoms with Crippen molar-refractivity contribution in [1.82, 2.24) is 24.9 Å². The van der Waals surface area contributed by atoms with Crippen LogP contribution in [0.1, 0.15) is 5.56 Å². The molecule has 3 N–H and O–H groups in total. The highest BCUT2D eigenvalue weighted by molar-refractivity contribution is 7.97. The van der Waals surface area contributed by atoms with E-state index in [-0.39, 0.29) is 12.4 Å². The fourth-order valence-corrected chi connectivity index (χ4v) is 2.69. The Labute approximate surface area is 147 Å². The molecule has 3 rings (SSSR count). The zero-order chi connectivity index (χ0) is 17.6. The Hall–Kier alpha value is -2.78. The Morgan fingerprint density at radius 1 is 1.16 bits per heavy atom. The molecule has 1 aromatic heterocycles. The number of hydrogen-bond acceptors (Lipinski definition) is 6. The molecule has 0 saturated carbocycles. The molecule has 3 aromatic rings. The lowest BCUT2D eigenvalue weighted by atomic mass is 10.2. The van der Waals surface area contributed by atoms with Crippen LogP contribution in [0.5, 0.6) is 0 Å². The first-order valence-electron chi connectivity index (χ1n) is 7.41. The largest absolute Gasteiger partial charge is 0.369 e. The van der Waals surface area contributed by atoms with Crippen LogP contribution >= 0.6 is 11.9 Å². The highest BCUT2D eigenvalue weighted by Crippen LogP contribution is 2.20. The van der Waals surface area contributed by atoms with Crippen LogP contribution in [0.15, 0.2) is 53.4 Å². The van der Waals surface area contributed by atoms with Crippen LogP contribution in [-0.4, -0.2) is 32.7 Å². The zero-order valence-corrected chi connectivity index (χ0v) is 13.9. The highest BCUT2D eigenvalue weighted by atomic mass is 32.2. The third-order valence-corrected chi connectivity index (χ3v) is 4.04. The predicted molar refractivity (Wildman–Crippen MR) is 91.8 cm³/mol. The third kappa shape index (κ3) is 4.85. The van der Waals surface area contributed by atoms with Gasteiger partial charge in [-0.2, -0.15) is 4.80 Å². The van der Waals surface area contributed by atoms with Crippen LogP contribution in [-0.2, 0) is 11.3 Å². The van der Waals surface area contributed by atoms with E-state index in [0.29, 0.717) is 12.4 Å². The van der Waals surface area contributed by atoms with Gasteiger partial charge in [-0.3, -0.25) is 9.52 Å². The van der Waals surface area contributed by atoms with Gasteiger partial charge in [0.05, 0.1) is 13.1 Å². The molecular formula is C16H15FN6OS. The predicted octanol–water partition coefficient (Wildman–Crippen LogP) is 1.61. The Morgan fingerprint density at radius 2 is 1.88 bits per heavy atom. The molecule has 128 valence electrons. The van der Waals surface area contributed by atoms with Crippen molar-refractivity contribution in [1.29, 1.82) is 0 Å². The van der Waals surface area contributed by atoms with E-state index < -0.39 is 5.91 Å². The van der Waals surface area contributed by atoms with Crippen molar-refractivity contribution in [2.45, 2.75) is 11.4 Å². The van der Waals surface area contributed by atoms with Crippen molar-refractivity contribution in [3.63, 3.8) is 0 Å². The van der Waals surface area contributed by atoms with Crippen LogP contribution in [0.25, 0.3) is 11.4 Å². The topological polar surface area (TPSA) is 98.7 Å². The number of carbonyl (C=O) groups excluding carboxylic acids is 1. The molecule has 0 bridgehead atoms. The molecule has 0 radical (unpaired) electrons. The van der Waals surface area contributed by atoms with Gasteiger partial charge in [-0.25, -0.2) is 4.39 Å². The number of benzene rings is 2. The Morgan fingerprint density at radius 3 is 2.56 bits per heavy atom. The minimum absolute atomic E-state index is 0.103. The number of rotatable bonds is 7. The van der Waals surface area contributed by atoms with E-state index in [1.165, 1.54) is 28.9 Å². The fourth-order valence-electron chi connectivity index (χ4n) is 2.04. The summed E-state index contributed by atoms with van der Waals surface area (Å²) in [5.41, 5.74) is 6.77. The SMILES string of the molecule is NC(=O)CNSc1ccc(-c2nnn(Cc3ccc(F)cc3)n2)cc1. The second-order valence-corrected chi connectivity index (χ2v) is 6.15. The lowest BCUT2D eigenvalue weighted by Gasteiger charge is -2.02. The van der Waals surface area contributed by atoms with E-state index in [4.69, 9.17) is 5.73 Å². The van der Waals surface area contributed by atoms with Crippen molar-refractivity contribution in [2.24, 2.45) is 5.73 Å². The molecule has 0 atom stereocenters. The van der Waals surface area contributed by atoms with Gasteiger partial charge in [0.15, 0.2) is 0 Å². The lowest BCUT2D eigenvalue weighted by Crippen LogP contribution is -2.23. The van der Waals surface area contributed by atoms with E-state index in [1.807, 2.05) is 24.3 Å². The Kier molecular flexibility index (Phi) is 5.36. The lowest BCUT2D eigenvalue weighted by molar-refractivity contribution is -0.116. The average molecular weight is 358 g/mol. The number of nitrogens with two attached hydrogens (primary N) is 1. The molecule has 1 heterocycles. The van der Waals surface area contributed by atoms with Crippen molar-refractivity contribution in [2.75, 3.05) is 6.54 Å². The van der Waals surface area contributed by atoms with Gasteiger partial charge in [-0.1, -0.05) is 12.1 Å². The molecule has 0 aliphatic heterocycles. The minimum atomic E-state index is -0.411. The first-order chi connectivity index (χ1) is 12.1. The molecule has 9 heteroatoms. The summed E-state index contributed by atoms with van der Waals surface area (Å²) in [4.78, 5) is 13.1. The molecule has 2 aromatic carbocycles. The van der Waals surface area contributed by atoms with Crippen molar-refractivity contribution >= 4 is 17.9 Å². The number of carbonyl (C=O) groups is 1. The smallest absolute Gasteiger partial charge is 0.232 e. The summed E-state index contributed by atoms with van der Waals surface area (Å²) in [6, 6.07) is 13.7. The van der Waals surface area contributed by atoms with Gasteiger partial charge in [0.1, 0.15) is 5.82 Å². The maximum atomic E-state index is 12.9. The second kappa shape index (κ2) is 7.86. The maximum absolute atomic E-state index is 12.9. The van der Waals surface area contributed by atoms with Crippen LogP contribution in [0.2, 0.25) is 0 Å². The number of tetrazole rings is 1. The van der Waals surface area contributed by atoms with E-state index in [2.05, 4.69) is 20.1 Å². The number of halogens is 1. The van der Waals surface area contributed by atoms with Crippen LogP contribution in [0, 0.1) is 5.82 Å². The van der Waals surface area contributed by atoms with E-state index in [0.717, 1.165) is 16.0 Å². The van der Waals surface area contributed by atoms with E-state index in [9.17, 15) is 9.18 Å². The van der Waals surface area contributed by atoms with Gasteiger partial charge >= 0.3 is 0 Å². The molecule has 0 fully saturated rings. The number of hydrogen-bond donors (Lipinski definition) is 2. The maximum Gasteiger partial charge on any atom is 0.232 e. The first kappa shape index (κ1) is 17.1. The summed E-state index contributed by atoms with van der Waals surface area (Å²) in [6.07, 6.45) is 0. The van der Waals surface area contributed by atoms with E-state index >= 15 is 0 Å². The Bertz CT molecular complexity index is 850. The molecule has 0 aliphatic carbocycles. The minimum Gasteiger partial charge on any atom is -0.369 e. The van der Waals surface area contributed by atoms with Crippen molar-refractivity contribution < 1.29 is 9.18 Å². The number of amides is 1. The normalized spacial score (nSPS) is 10.8. The van der Waals surface area contributed by atoms with Crippen molar-refractivity contribution in [3.8, 4) is 11.4 Å². The fraction of sp³-hybridized carbons (Fsp3) is 0.125. The highest BCUT2D eigenvalue weighted by Gasteiger charge is 2.07. The average Bonchev–Trinajstić information content (AvgIpc) is 3.06. The zero-order valence-electron chi connectivity index (χ0n) is 13.1. The molecule has 0 aliphatic rings. The number of nitrogens with one attached hydrogen (secondary N) is 1. The molecule has 0 spiro atoms. The quantitative estimate of drug-likeness (QED) is 0.623. The van der Waals surface area contributed by atoms with Gasteiger partial charge < -0.3 is 5.73 Å². The number of nitrogens with zero attached hydrogens (tertiary/aromatic N) is 4. The first-order valence-corrected chi connectivity index (χ1v) is 8.22.